The summed E-state index contributed by atoms with van der Waals surface area (Å²) in [5.41, 5.74) is 0.116. The molecule has 0 heterocycles. The Bertz CT molecular complexity index is 269. The third-order valence-electron chi connectivity index (χ3n) is 1.39. The van der Waals surface area contributed by atoms with Gasteiger partial charge in [-0.3, -0.25) is 4.79 Å². The molecule has 0 N–H and O–H groups in total. The van der Waals surface area contributed by atoms with Crippen LogP contribution in [0.3, 0.4) is 0 Å². The van der Waals surface area contributed by atoms with Gasteiger partial charge in [0, 0.05) is 5.57 Å². The Morgan fingerprint density at radius 3 is 2.47 bits per heavy atom. The molecule has 0 aliphatic carbocycles. The van der Waals surface area contributed by atoms with E-state index >= 15 is 0 Å². The standard InChI is InChI=1S/C10H14O5/c1-4-5-14-10(13)8(6-11)15-9(12)7(2)3/h6,8H,2,4-5H2,1,3H3. The third kappa shape index (κ3) is 4.95. The summed E-state index contributed by atoms with van der Waals surface area (Å²) in [6.45, 7) is 6.74. The Morgan fingerprint density at radius 1 is 1.47 bits per heavy atom. The lowest BCUT2D eigenvalue weighted by atomic mass is 10.3. The van der Waals surface area contributed by atoms with Crippen LogP contribution in [-0.2, 0) is 23.9 Å². The van der Waals surface area contributed by atoms with E-state index in [1.54, 1.807) is 0 Å². The van der Waals surface area contributed by atoms with Crippen molar-refractivity contribution >= 4 is 18.2 Å². The topological polar surface area (TPSA) is 69.7 Å². The Morgan fingerprint density at radius 2 is 2.07 bits per heavy atom. The molecule has 0 aliphatic rings. The molecule has 84 valence electrons. The number of hydrogen-bond donors (Lipinski definition) is 0. The molecule has 0 aromatic carbocycles. The lowest BCUT2D eigenvalue weighted by molar-refractivity contribution is -0.166. The van der Waals surface area contributed by atoms with Crippen LogP contribution < -0.4 is 0 Å². The monoisotopic (exact) mass is 214 g/mol. The van der Waals surface area contributed by atoms with Crippen LogP contribution in [0, 0.1) is 0 Å². The number of aldehydes is 1. The molecule has 0 aromatic rings. The highest BCUT2D eigenvalue weighted by atomic mass is 16.6. The molecule has 0 spiro atoms. The van der Waals surface area contributed by atoms with Gasteiger partial charge < -0.3 is 9.47 Å². The summed E-state index contributed by atoms with van der Waals surface area (Å²) in [7, 11) is 0. The molecular weight excluding hydrogens is 200 g/mol. The second-order valence-corrected chi connectivity index (χ2v) is 2.91. The minimum atomic E-state index is -1.50. The molecule has 1 atom stereocenters. The highest BCUT2D eigenvalue weighted by Crippen LogP contribution is 1.99. The average molecular weight is 214 g/mol. The van der Waals surface area contributed by atoms with Gasteiger partial charge in [0.25, 0.3) is 6.10 Å². The van der Waals surface area contributed by atoms with E-state index in [1.807, 2.05) is 6.92 Å². The molecule has 0 aliphatic heterocycles. The van der Waals surface area contributed by atoms with Gasteiger partial charge in [0.1, 0.15) is 0 Å². The van der Waals surface area contributed by atoms with Crippen molar-refractivity contribution in [2.75, 3.05) is 6.61 Å². The van der Waals surface area contributed by atoms with Gasteiger partial charge in [0.2, 0.25) is 0 Å². The summed E-state index contributed by atoms with van der Waals surface area (Å²) in [6.07, 6.45) is -0.648. The van der Waals surface area contributed by atoms with Crippen molar-refractivity contribution in [3.63, 3.8) is 0 Å². The molecule has 0 fully saturated rings. The van der Waals surface area contributed by atoms with E-state index in [9.17, 15) is 14.4 Å². The molecular formula is C10H14O5. The Labute approximate surface area is 88.0 Å². The van der Waals surface area contributed by atoms with E-state index in [0.29, 0.717) is 6.42 Å². The van der Waals surface area contributed by atoms with Crippen LogP contribution in [0.1, 0.15) is 20.3 Å². The zero-order valence-corrected chi connectivity index (χ0v) is 8.82. The lowest BCUT2D eigenvalue weighted by Gasteiger charge is -2.10. The van der Waals surface area contributed by atoms with Gasteiger partial charge in [0.05, 0.1) is 6.61 Å². The molecule has 0 saturated carbocycles. The van der Waals surface area contributed by atoms with Gasteiger partial charge in [-0.15, -0.1) is 0 Å². The quantitative estimate of drug-likeness (QED) is 0.280. The number of carbonyl (C=O) groups excluding carboxylic acids is 3. The number of esters is 2. The van der Waals surface area contributed by atoms with Gasteiger partial charge in [-0.1, -0.05) is 13.5 Å². The Balaban J connectivity index is 4.24. The molecule has 5 heteroatoms. The van der Waals surface area contributed by atoms with Crippen LogP contribution in [0.5, 0.6) is 0 Å². The van der Waals surface area contributed by atoms with E-state index in [1.165, 1.54) is 6.92 Å². The molecule has 1 unspecified atom stereocenters. The maximum absolute atomic E-state index is 11.1. The second-order valence-electron chi connectivity index (χ2n) is 2.91. The summed E-state index contributed by atoms with van der Waals surface area (Å²) >= 11 is 0. The average Bonchev–Trinajstić information content (AvgIpc) is 2.21. The fourth-order valence-corrected chi connectivity index (χ4v) is 0.632. The number of rotatable bonds is 6. The molecule has 15 heavy (non-hydrogen) atoms. The minimum absolute atomic E-state index is 0.116. The van der Waals surface area contributed by atoms with Crippen molar-refractivity contribution in [2.24, 2.45) is 0 Å². The van der Waals surface area contributed by atoms with Crippen LogP contribution >= 0.6 is 0 Å². The molecule has 0 bridgehead atoms. The fraction of sp³-hybridized carbons (Fsp3) is 0.500. The second kappa shape index (κ2) is 6.75. The number of carbonyl (C=O) groups is 3. The molecule has 0 amide bonds. The molecule has 0 saturated heterocycles. The van der Waals surface area contributed by atoms with E-state index < -0.39 is 18.0 Å². The Kier molecular flexibility index (Phi) is 6.01. The fourth-order valence-electron chi connectivity index (χ4n) is 0.632. The van der Waals surface area contributed by atoms with Crippen molar-refractivity contribution < 1.29 is 23.9 Å². The number of hydrogen-bond acceptors (Lipinski definition) is 5. The first-order chi connectivity index (χ1) is 7.02. The molecule has 0 aromatic heterocycles. The summed E-state index contributed by atoms with van der Waals surface area (Å²) in [5, 5.41) is 0. The zero-order chi connectivity index (χ0) is 11.8. The van der Waals surface area contributed by atoms with Crippen molar-refractivity contribution in [1.29, 1.82) is 0 Å². The van der Waals surface area contributed by atoms with Gasteiger partial charge in [-0.25, -0.2) is 9.59 Å². The van der Waals surface area contributed by atoms with Crippen LogP contribution in [0.2, 0.25) is 0 Å². The third-order valence-corrected chi connectivity index (χ3v) is 1.39. The van der Waals surface area contributed by atoms with Crippen LogP contribution in [0.4, 0.5) is 0 Å². The molecule has 0 rings (SSSR count). The SMILES string of the molecule is C=C(C)C(=O)OC(C=O)C(=O)OCCC. The van der Waals surface area contributed by atoms with E-state index in [2.05, 4.69) is 16.1 Å². The first-order valence-corrected chi connectivity index (χ1v) is 4.51. The molecule has 5 nitrogen and oxygen atoms in total. The maximum atomic E-state index is 11.1. The van der Waals surface area contributed by atoms with Gasteiger partial charge in [-0.2, -0.15) is 0 Å². The van der Waals surface area contributed by atoms with Crippen molar-refractivity contribution in [3.8, 4) is 0 Å². The van der Waals surface area contributed by atoms with E-state index in [4.69, 9.17) is 0 Å². The van der Waals surface area contributed by atoms with E-state index in [0.717, 1.165) is 0 Å². The van der Waals surface area contributed by atoms with E-state index in [-0.39, 0.29) is 18.5 Å². The smallest absolute Gasteiger partial charge is 0.355 e. The van der Waals surface area contributed by atoms with Crippen molar-refractivity contribution in [2.45, 2.75) is 26.4 Å². The zero-order valence-electron chi connectivity index (χ0n) is 8.82. The van der Waals surface area contributed by atoms with Crippen molar-refractivity contribution in [1.82, 2.24) is 0 Å². The predicted molar refractivity (Wildman–Crippen MR) is 52.0 cm³/mol. The molecule has 0 radical (unpaired) electrons. The Hall–Kier alpha value is -1.65. The normalized spacial score (nSPS) is 11.3. The first kappa shape index (κ1) is 13.4. The van der Waals surface area contributed by atoms with Crippen LogP contribution in [0.15, 0.2) is 12.2 Å². The minimum Gasteiger partial charge on any atom is -0.463 e. The van der Waals surface area contributed by atoms with Gasteiger partial charge in [0.15, 0.2) is 6.29 Å². The van der Waals surface area contributed by atoms with Crippen LogP contribution in [-0.4, -0.2) is 30.9 Å². The largest absolute Gasteiger partial charge is 0.463 e. The highest BCUT2D eigenvalue weighted by Gasteiger charge is 2.23. The van der Waals surface area contributed by atoms with Gasteiger partial charge >= 0.3 is 11.9 Å². The maximum Gasteiger partial charge on any atom is 0.355 e. The van der Waals surface area contributed by atoms with Gasteiger partial charge in [-0.05, 0) is 13.3 Å². The van der Waals surface area contributed by atoms with Crippen molar-refractivity contribution in [3.05, 3.63) is 12.2 Å². The lowest BCUT2D eigenvalue weighted by Crippen LogP contribution is -2.30. The highest BCUT2D eigenvalue weighted by molar-refractivity contribution is 5.96. The summed E-state index contributed by atoms with van der Waals surface area (Å²) in [5.74, 6) is -1.65. The first-order valence-electron chi connectivity index (χ1n) is 4.51. The summed E-state index contributed by atoms with van der Waals surface area (Å²) in [6, 6.07) is 0. The number of ether oxygens (including phenoxy) is 2. The van der Waals surface area contributed by atoms with Crippen LogP contribution in [0.25, 0.3) is 0 Å². The summed E-state index contributed by atoms with van der Waals surface area (Å²) < 4.78 is 9.19. The summed E-state index contributed by atoms with van der Waals surface area (Å²) in [4.78, 5) is 32.6. The predicted octanol–water partition coefficient (Wildman–Crippen LogP) is 0.626.